The minimum atomic E-state index is -0.200. The Balaban J connectivity index is 2.44. The highest BCUT2D eigenvalue weighted by molar-refractivity contribution is 5.89. The van der Waals surface area contributed by atoms with E-state index in [1.54, 1.807) is 0 Å². The fourth-order valence-corrected chi connectivity index (χ4v) is 1.95. The van der Waals surface area contributed by atoms with Crippen molar-refractivity contribution in [3.63, 3.8) is 0 Å². The summed E-state index contributed by atoms with van der Waals surface area (Å²) in [5, 5.41) is 0. The third kappa shape index (κ3) is 4.91. The number of aryl methyl sites for hydroxylation is 1. The molecule has 2 nitrogen and oxygen atoms in total. The van der Waals surface area contributed by atoms with Crippen molar-refractivity contribution < 1.29 is 9.53 Å². The summed E-state index contributed by atoms with van der Waals surface area (Å²) in [5.41, 5.74) is 1.74. The Morgan fingerprint density at radius 2 is 2.11 bits per heavy atom. The van der Waals surface area contributed by atoms with Crippen LogP contribution in [-0.4, -0.2) is 12.6 Å². The summed E-state index contributed by atoms with van der Waals surface area (Å²) < 4.78 is 5.39. The molecule has 1 aromatic rings. The van der Waals surface area contributed by atoms with E-state index in [0.717, 1.165) is 18.4 Å². The number of hydrogen-bond donors (Lipinski definition) is 0. The molecule has 0 fully saturated rings. The summed E-state index contributed by atoms with van der Waals surface area (Å²) in [6.07, 6.45) is 4.62. The van der Waals surface area contributed by atoms with Gasteiger partial charge in [0.25, 0.3) is 0 Å². The molecule has 100 valence electrons. The molecule has 0 saturated heterocycles. The van der Waals surface area contributed by atoms with Gasteiger partial charge >= 0.3 is 5.97 Å². The lowest BCUT2D eigenvalue weighted by Gasteiger charge is -2.14. The van der Waals surface area contributed by atoms with E-state index in [2.05, 4.69) is 13.8 Å². The Labute approximate surface area is 110 Å². The van der Waals surface area contributed by atoms with E-state index in [9.17, 15) is 4.79 Å². The highest BCUT2D eigenvalue weighted by Gasteiger charge is 2.11. The zero-order valence-electron chi connectivity index (χ0n) is 11.7. The van der Waals surface area contributed by atoms with Gasteiger partial charge in [-0.25, -0.2) is 4.79 Å². The van der Waals surface area contributed by atoms with Crippen LogP contribution in [0.5, 0.6) is 0 Å². The van der Waals surface area contributed by atoms with E-state index in [0.29, 0.717) is 18.1 Å². The molecule has 1 aromatic carbocycles. The quantitative estimate of drug-likeness (QED) is 0.670. The minimum absolute atomic E-state index is 0.200. The van der Waals surface area contributed by atoms with Gasteiger partial charge in [0.2, 0.25) is 0 Å². The van der Waals surface area contributed by atoms with E-state index >= 15 is 0 Å². The summed E-state index contributed by atoms with van der Waals surface area (Å²) in [6.45, 7) is 6.86. The maximum Gasteiger partial charge on any atom is 0.338 e. The van der Waals surface area contributed by atoms with Crippen molar-refractivity contribution >= 4 is 5.97 Å². The number of benzene rings is 1. The second-order valence-electron chi connectivity index (χ2n) is 4.88. The lowest BCUT2D eigenvalue weighted by Crippen LogP contribution is -2.14. The van der Waals surface area contributed by atoms with Crippen LogP contribution in [0.4, 0.5) is 0 Å². The second-order valence-corrected chi connectivity index (χ2v) is 4.88. The largest absolute Gasteiger partial charge is 0.462 e. The number of unbranched alkanes of at least 4 members (excludes halogenated alkanes) is 1. The molecule has 0 N–H and O–H groups in total. The predicted molar refractivity (Wildman–Crippen MR) is 74.8 cm³/mol. The highest BCUT2D eigenvalue weighted by Crippen LogP contribution is 2.14. The second kappa shape index (κ2) is 7.91. The van der Waals surface area contributed by atoms with Crippen molar-refractivity contribution in [2.75, 3.05) is 6.61 Å². The third-order valence-corrected chi connectivity index (χ3v) is 3.25. The first-order valence-corrected chi connectivity index (χ1v) is 6.91. The van der Waals surface area contributed by atoms with Crippen LogP contribution in [0.2, 0.25) is 0 Å². The molecular formula is C16H24O2. The van der Waals surface area contributed by atoms with E-state index in [1.807, 2.05) is 31.2 Å². The van der Waals surface area contributed by atoms with Gasteiger partial charge in [-0.2, -0.15) is 0 Å². The standard InChI is InChI=1S/C16H24O2/c1-4-6-9-14(5-2)12-18-16(17)15-10-7-8-13(3)11-15/h7-8,10-11,14H,4-6,9,12H2,1-3H3. The van der Waals surface area contributed by atoms with Crippen molar-refractivity contribution in [2.24, 2.45) is 5.92 Å². The molecule has 1 unspecified atom stereocenters. The number of carbonyl (C=O) groups is 1. The van der Waals surface area contributed by atoms with Crippen LogP contribution >= 0.6 is 0 Å². The minimum Gasteiger partial charge on any atom is -0.462 e. The van der Waals surface area contributed by atoms with Gasteiger partial charge in [0.1, 0.15) is 0 Å². The molecule has 0 saturated carbocycles. The van der Waals surface area contributed by atoms with Crippen LogP contribution in [0.25, 0.3) is 0 Å². The Hall–Kier alpha value is -1.31. The zero-order valence-corrected chi connectivity index (χ0v) is 11.7. The fourth-order valence-electron chi connectivity index (χ4n) is 1.95. The van der Waals surface area contributed by atoms with Crippen LogP contribution in [0, 0.1) is 12.8 Å². The lowest BCUT2D eigenvalue weighted by molar-refractivity contribution is 0.0428. The molecule has 0 aliphatic heterocycles. The van der Waals surface area contributed by atoms with Crippen molar-refractivity contribution in [3.8, 4) is 0 Å². The number of esters is 1. The molecule has 0 radical (unpaired) electrons. The number of rotatable bonds is 7. The third-order valence-electron chi connectivity index (χ3n) is 3.25. The van der Waals surface area contributed by atoms with Crippen LogP contribution in [0.15, 0.2) is 24.3 Å². The lowest BCUT2D eigenvalue weighted by atomic mass is 10.0. The first-order chi connectivity index (χ1) is 8.67. The molecule has 1 rings (SSSR count). The van der Waals surface area contributed by atoms with Gasteiger partial charge < -0.3 is 4.74 Å². The van der Waals surface area contributed by atoms with Gasteiger partial charge in [-0.15, -0.1) is 0 Å². The van der Waals surface area contributed by atoms with Gasteiger partial charge in [-0.05, 0) is 31.4 Å². The maximum atomic E-state index is 11.9. The van der Waals surface area contributed by atoms with E-state index in [-0.39, 0.29) is 5.97 Å². The monoisotopic (exact) mass is 248 g/mol. The van der Waals surface area contributed by atoms with Crippen LogP contribution in [0.1, 0.15) is 55.5 Å². The number of carbonyl (C=O) groups excluding carboxylic acids is 1. The molecule has 0 amide bonds. The van der Waals surface area contributed by atoms with Crippen molar-refractivity contribution in [2.45, 2.75) is 46.5 Å². The highest BCUT2D eigenvalue weighted by atomic mass is 16.5. The average Bonchev–Trinajstić information content (AvgIpc) is 2.38. The fraction of sp³-hybridized carbons (Fsp3) is 0.562. The van der Waals surface area contributed by atoms with Gasteiger partial charge in [-0.1, -0.05) is 50.8 Å². The molecule has 18 heavy (non-hydrogen) atoms. The molecule has 0 bridgehead atoms. The van der Waals surface area contributed by atoms with Crippen LogP contribution in [-0.2, 0) is 4.74 Å². The molecule has 0 spiro atoms. The van der Waals surface area contributed by atoms with Gasteiger partial charge in [-0.3, -0.25) is 0 Å². The zero-order chi connectivity index (χ0) is 13.4. The molecule has 2 heteroatoms. The number of ether oxygens (including phenoxy) is 1. The molecule has 0 aliphatic carbocycles. The molecule has 1 atom stereocenters. The molecule has 0 heterocycles. The van der Waals surface area contributed by atoms with E-state index < -0.39 is 0 Å². The average molecular weight is 248 g/mol. The maximum absolute atomic E-state index is 11.9. The Bertz CT molecular complexity index is 371. The van der Waals surface area contributed by atoms with Crippen molar-refractivity contribution in [1.29, 1.82) is 0 Å². The normalized spacial score (nSPS) is 12.2. The van der Waals surface area contributed by atoms with Gasteiger partial charge in [0.15, 0.2) is 0 Å². The van der Waals surface area contributed by atoms with E-state index in [1.165, 1.54) is 12.8 Å². The topological polar surface area (TPSA) is 26.3 Å². The first kappa shape index (κ1) is 14.7. The summed E-state index contributed by atoms with van der Waals surface area (Å²) >= 11 is 0. The predicted octanol–water partition coefficient (Wildman–Crippen LogP) is 4.37. The molecular weight excluding hydrogens is 224 g/mol. The first-order valence-electron chi connectivity index (χ1n) is 6.91. The molecule has 0 aromatic heterocycles. The van der Waals surface area contributed by atoms with Gasteiger partial charge in [0.05, 0.1) is 12.2 Å². The van der Waals surface area contributed by atoms with Crippen molar-refractivity contribution in [3.05, 3.63) is 35.4 Å². The summed E-state index contributed by atoms with van der Waals surface area (Å²) in [6, 6.07) is 7.55. The van der Waals surface area contributed by atoms with Crippen LogP contribution < -0.4 is 0 Å². The SMILES string of the molecule is CCCCC(CC)COC(=O)c1cccc(C)c1. The Morgan fingerprint density at radius 3 is 2.72 bits per heavy atom. The molecule has 0 aliphatic rings. The Morgan fingerprint density at radius 1 is 1.33 bits per heavy atom. The van der Waals surface area contributed by atoms with Crippen LogP contribution in [0.3, 0.4) is 0 Å². The number of hydrogen-bond acceptors (Lipinski definition) is 2. The summed E-state index contributed by atoms with van der Waals surface area (Å²) in [4.78, 5) is 11.9. The van der Waals surface area contributed by atoms with E-state index in [4.69, 9.17) is 4.74 Å². The van der Waals surface area contributed by atoms with Gasteiger partial charge in [0, 0.05) is 0 Å². The van der Waals surface area contributed by atoms with Crippen molar-refractivity contribution in [1.82, 2.24) is 0 Å². The summed E-state index contributed by atoms with van der Waals surface area (Å²) in [7, 11) is 0. The Kier molecular flexibility index (Phi) is 6.48. The summed E-state index contributed by atoms with van der Waals surface area (Å²) in [5.74, 6) is 0.298. The smallest absolute Gasteiger partial charge is 0.338 e.